The van der Waals surface area contributed by atoms with Crippen LogP contribution in [0.25, 0.3) is 0 Å². The van der Waals surface area contributed by atoms with Crippen molar-refractivity contribution in [1.82, 2.24) is 10.2 Å². The van der Waals surface area contributed by atoms with E-state index in [2.05, 4.69) is 5.32 Å². The Balaban J connectivity index is 4.13. The molecule has 0 spiro atoms. The lowest BCUT2D eigenvalue weighted by Gasteiger charge is -2.27. The highest BCUT2D eigenvalue weighted by Crippen LogP contribution is 2.07. The number of likely N-dealkylation sites (N-methyl/N-ethyl adjacent to an activating group) is 1. The van der Waals surface area contributed by atoms with Crippen molar-refractivity contribution in [1.29, 1.82) is 0 Å². The summed E-state index contributed by atoms with van der Waals surface area (Å²) in [6.07, 6.45) is 0.0665. The van der Waals surface area contributed by atoms with E-state index in [1.54, 1.807) is 11.9 Å². The van der Waals surface area contributed by atoms with Crippen LogP contribution in [0.5, 0.6) is 0 Å². The van der Waals surface area contributed by atoms with Crippen molar-refractivity contribution in [2.75, 3.05) is 13.6 Å². The minimum absolute atomic E-state index is 0.0567. The first-order chi connectivity index (χ1) is 8.53. The van der Waals surface area contributed by atoms with Gasteiger partial charge in [-0.15, -0.1) is 0 Å². The third kappa shape index (κ3) is 8.46. The molecule has 0 aromatic heterocycles. The van der Waals surface area contributed by atoms with Crippen LogP contribution in [-0.2, 0) is 9.53 Å². The van der Waals surface area contributed by atoms with E-state index in [4.69, 9.17) is 4.74 Å². The molecule has 19 heavy (non-hydrogen) atoms. The van der Waals surface area contributed by atoms with Crippen LogP contribution in [-0.4, -0.2) is 42.1 Å². The van der Waals surface area contributed by atoms with E-state index >= 15 is 0 Å². The summed E-state index contributed by atoms with van der Waals surface area (Å²) in [5, 5.41) is 2.67. The Morgan fingerprint density at radius 3 is 2.16 bits per heavy atom. The van der Waals surface area contributed by atoms with E-state index in [0.29, 0.717) is 18.9 Å². The zero-order chi connectivity index (χ0) is 15.2. The van der Waals surface area contributed by atoms with Gasteiger partial charge in [-0.05, 0) is 33.6 Å². The second-order valence-corrected chi connectivity index (χ2v) is 6.33. The number of carbonyl (C=O) groups excluding carboxylic acids is 2. The SMILES string of the molecule is CC(C)CC(=O)N(C)C(C)CNC(=O)OC(C)(C)C. The van der Waals surface area contributed by atoms with Gasteiger partial charge in [-0.1, -0.05) is 13.8 Å². The highest BCUT2D eigenvalue weighted by atomic mass is 16.6. The summed E-state index contributed by atoms with van der Waals surface area (Å²) in [6.45, 7) is 11.7. The van der Waals surface area contributed by atoms with Crippen molar-refractivity contribution >= 4 is 12.0 Å². The molecule has 0 saturated heterocycles. The maximum Gasteiger partial charge on any atom is 0.407 e. The lowest BCUT2D eigenvalue weighted by molar-refractivity contribution is -0.132. The van der Waals surface area contributed by atoms with Gasteiger partial charge in [0.2, 0.25) is 5.91 Å². The van der Waals surface area contributed by atoms with Gasteiger partial charge >= 0.3 is 6.09 Å². The van der Waals surface area contributed by atoms with Gasteiger partial charge in [-0.3, -0.25) is 4.79 Å². The standard InChI is InChI=1S/C14H28N2O3/c1-10(2)8-12(17)16(7)11(3)9-15-13(18)19-14(4,5)6/h10-11H,8-9H2,1-7H3,(H,15,18). The summed E-state index contributed by atoms with van der Waals surface area (Å²) in [5.41, 5.74) is -0.507. The molecule has 0 aromatic carbocycles. The van der Waals surface area contributed by atoms with Crippen LogP contribution in [0.15, 0.2) is 0 Å². The molecule has 1 unspecified atom stereocenters. The zero-order valence-corrected chi connectivity index (χ0v) is 13.2. The van der Waals surface area contributed by atoms with Crippen LogP contribution in [0, 0.1) is 5.92 Å². The molecule has 0 aliphatic carbocycles. The van der Waals surface area contributed by atoms with Gasteiger partial charge in [-0.2, -0.15) is 0 Å². The number of carbonyl (C=O) groups is 2. The molecule has 0 aromatic rings. The van der Waals surface area contributed by atoms with Crippen molar-refractivity contribution in [3.8, 4) is 0 Å². The van der Waals surface area contributed by atoms with E-state index in [9.17, 15) is 9.59 Å². The summed E-state index contributed by atoms with van der Waals surface area (Å²) in [7, 11) is 1.76. The second-order valence-electron chi connectivity index (χ2n) is 6.33. The van der Waals surface area contributed by atoms with Gasteiger partial charge in [0.25, 0.3) is 0 Å². The highest BCUT2D eigenvalue weighted by Gasteiger charge is 2.19. The fraction of sp³-hybridized carbons (Fsp3) is 0.857. The number of hydrogen-bond donors (Lipinski definition) is 1. The molecule has 0 aliphatic heterocycles. The van der Waals surface area contributed by atoms with Gasteiger partial charge in [-0.25, -0.2) is 4.79 Å². The monoisotopic (exact) mass is 272 g/mol. The average Bonchev–Trinajstić information content (AvgIpc) is 2.21. The third-order valence-electron chi connectivity index (χ3n) is 2.58. The predicted molar refractivity (Wildman–Crippen MR) is 75.9 cm³/mol. The second kappa shape index (κ2) is 7.36. The highest BCUT2D eigenvalue weighted by molar-refractivity contribution is 5.76. The van der Waals surface area contributed by atoms with Gasteiger partial charge < -0.3 is 15.0 Å². The molecule has 1 N–H and O–H groups in total. The summed E-state index contributed by atoms with van der Waals surface area (Å²) >= 11 is 0. The van der Waals surface area contributed by atoms with Crippen molar-refractivity contribution < 1.29 is 14.3 Å². The lowest BCUT2D eigenvalue weighted by atomic mass is 10.1. The Labute approximate surface area is 116 Å². The Morgan fingerprint density at radius 1 is 1.21 bits per heavy atom. The molecule has 112 valence electrons. The van der Waals surface area contributed by atoms with Crippen molar-refractivity contribution in [2.24, 2.45) is 5.92 Å². The fourth-order valence-corrected chi connectivity index (χ4v) is 1.42. The molecule has 2 amide bonds. The van der Waals surface area contributed by atoms with Gasteiger partial charge in [0.1, 0.15) is 5.60 Å². The van der Waals surface area contributed by atoms with E-state index in [0.717, 1.165) is 0 Å². The van der Waals surface area contributed by atoms with Crippen molar-refractivity contribution in [3.63, 3.8) is 0 Å². The summed E-state index contributed by atoms with van der Waals surface area (Å²) in [5.74, 6) is 0.425. The summed E-state index contributed by atoms with van der Waals surface area (Å²) in [4.78, 5) is 25.0. The number of amides is 2. The maximum absolute atomic E-state index is 11.9. The van der Waals surface area contributed by atoms with E-state index in [-0.39, 0.29) is 11.9 Å². The van der Waals surface area contributed by atoms with Crippen LogP contribution >= 0.6 is 0 Å². The van der Waals surface area contributed by atoms with Crippen LogP contribution in [0.3, 0.4) is 0 Å². The van der Waals surface area contributed by atoms with Crippen LogP contribution in [0.4, 0.5) is 4.79 Å². The number of alkyl carbamates (subject to hydrolysis) is 1. The van der Waals surface area contributed by atoms with E-state index < -0.39 is 11.7 Å². The summed E-state index contributed by atoms with van der Waals surface area (Å²) in [6, 6.07) is -0.0567. The van der Waals surface area contributed by atoms with Gasteiger partial charge in [0.15, 0.2) is 0 Å². The Hall–Kier alpha value is -1.26. The predicted octanol–water partition coefficient (Wildman–Crippen LogP) is 2.40. The largest absolute Gasteiger partial charge is 0.444 e. The minimum atomic E-state index is -0.507. The van der Waals surface area contributed by atoms with E-state index in [1.807, 2.05) is 41.5 Å². The molecule has 5 heteroatoms. The Bertz CT molecular complexity index is 308. The Morgan fingerprint density at radius 2 is 1.74 bits per heavy atom. The van der Waals surface area contributed by atoms with Gasteiger partial charge in [0.05, 0.1) is 0 Å². The first kappa shape index (κ1) is 17.7. The van der Waals surface area contributed by atoms with Crippen molar-refractivity contribution in [3.05, 3.63) is 0 Å². The molecule has 1 atom stereocenters. The van der Waals surface area contributed by atoms with Crippen molar-refractivity contribution in [2.45, 2.75) is 59.6 Å². The maximum atomic E-state index is 11.9. The first-order valence-electron chi connectivity index (χ1n) is 6.75. The topological polar surface area (TPSA) is 58.6 Å². The third-order valence-corrected chi connectivity index (χ3v) is 2.58. The number of hydrogen-bond acceptors (Lipinski definition) is 3. The van der Waals surface area contributed by atoms with Crippen LogP contribution in [0.1, 0.15) is 48.0 Å². The first-order valence-corrected chi connectivity index (χ1v) is 6.75. The zero-order valence-electron chi connectivity index (χ0n) is 13.2. The smallest absolute Gasteiger partial charge is 0.407 e. The number of nitrogens with zero attached hydrogens (tertiary/aromatic N) is 1. The molecule has 0 aliphatic rings. The average molecular weight is 272 g/mol. The molecule has 0 saturated carbocycles. The normalized spacial score (nSPS) is 13.1. The molecular weight excluding hydrogens is 244 g/mol. The number of nitrogens with one attached hydrogen (secondary N) is 1. The van der Waals surface area contributed by atoms with E-state index in [1.165, 1.54) is 0 Å². The number of rotatable bonds is 5. The molecule has 0 fully saturated rings. The summed E-state index contributed by atoms with van der Waals surface area (Å²) < 4.78 is 5.14. The molecular formula is C14H28N2O3. The fourth-order valence-electron chi connectivity index (χ4n) is 1.42. The van der Waals surface area contributed by atoms with Crippen LogP contribution < -0.4 is 5.32 Å². The Kier molecular flexibility index (Phi) is 6.87. The molecule has 5 nitrogen and oxygen atoms in total. The quantitative estimate of drug-likeness (QED) is 0.836. The molecule has 0 radical (unpaired) electrons. The molecule has 0 bridgehead atoms. The lowest BCUT2D eigenvalue weighted by Crippen LogP contribution is -2.44. The number of ether oxygens (including phenoxy) is 1. The van der Waals surface area contributed by atoms with Gasteiger partial charge in [0, 0.05) is 26.1 Å². The minimum Gasteiger partial charge on any atom is -0.444 e. The van der Waals surface area contributed by atoms with Crippen LogP contribution in [0.2, 0.25) is 0 Å². The molecule has 0 rings (SSSR count). The molecule has 0 heterocycles.